The molecule has 1 saturated heterocycles. The van der Waals surface area contributed by atoms with Gasteiger partial charge in [0.25, 0.3) is 0 Å². The predicted octanol–water partition coefficient (Wildman–Crippen LogP) is 3.99. The van der Waals surface area contributed by atoms with Crippen LogP contribution in [-0.4, -0.2) is 29.9 Å². The van der Waals surface area contributed by atoms with Crippen LogP contribution in [0.25, 0.3) is 0 Å². The Bertz CT molecular complexity index is 772. The number of nitrogens with two attached hydrogens (primary N) is 1. The lowest BCUT2D eigenvalue weighted by Gasteiger charge is -2.27. The molecule has 138 valence electrons. The first-order valence-electron chi connectivity index (χ1n) is 8.66. The summed E-state index contributed by atoms with van der Waals surface area (Å²) in [5, 5.41) is -0.514. The summed E-state index contributed by atoms with van der Waals surface area (Å²) >= 11 is 1.24. The maximum atomic E-state index is 13.6. The van der Waals surface area contributed by atoms with Gasteiger partial charge in [0.1, 0.15) is 5.25 Å². The molecule has 1 heterocycles. The van der Waals surface area contributed by atoms with Gasteiger partial charge in [0.2, 0.25) is 5.91 Å². The quantitative estimate of drug-likeness (QED) is 0.803. The molecule has 3 nitrogen and oxygen atoms in total. The molecule has 0 bridgehead atoms. The van der Waals surface area contributed by atoms with Crippen molar-refractivity contribution in [3.63, 3.8) is 0 Å². The Kier molecular flexibility index (Phi) is 5.94. The smallest absolute Gasteiger partial charge is 0.240 e. The van der Waals surface area contributed by atoms with Crippen molar-refractivity contribution in [3.8, 4) is 0 Å². The number of halogens is 2. The fourth-order valence-electron chi connectivity index (χ4n) is 3.35. The molecule has 0 saturated carbocycles. The van der Waals surface area contributed by atoms with Gasteiger partial charge < -0.3 is 10.6 Å². The molecule has 0 aliphatic carbocycles. The van der Waals surface area contributed by atoms with Crippen LogP contribution >= 0.6 is 11.8 Å². The van der Waals surface area contributed by atoms with Crippen LogP contribution in [0.1, 0.15) is 24.2 Å². The Labute approximate surface area is 156 Å². The summed E-state index contributed by atoms with van der Waals surface area (Å²) in [6, 6.07) is 13.3. The molecular weight excluding hydrogens is 354 g/mol. The van der Waals surface area contributed by atoms with Crippen molar-refractivity contribution in [2.24, 2.45) is 11.7 Å². The van der Waals surface area contributed by atoms with Gasteiger partial charge in [-0.1, -0.05) is 30.3 Å². The summed E-state index contributed by atoms with van der Waals surface area (Å²) in [5.41, 5.74) is 6.62. The first kappa shape index (κ1) is 18.9. The van der Waals surface area contributed by atoms with E-state index >= 15 is 0 Å². The van der Waals surface area contributed by atoms with Crippen molar-refractivity contribution in [2.75, 3.05) is 13.1 Å². The average Bonchev–Trinajstić information content (AvgIpc) is 3.03. The molecule has 0 aromatic heterocycles. The zero-order valence-electron chi connectivity index (χ0n) is 14.6. The summed E-state index contributed by atoms with van der Waals surface area (Å²) in [7, 11) is 0. The van der Waals surface area contributed by atoms with Crippen LogP contribution in [0.4, 0.5) is 8.78 Å². The highest BCUT2D eigenvalue weighted by molar-refractivity contribution is 8.00. The summed E-state index contributed by atoms with van der Waals surface area (Å²) < 4.78 is 26.8. The van der Waals surface area contributed by atoms with E-state index in [-0.39, 0.29) is 11.9 Å². The van der Waals surface area contributed by atoms with Crippen molar-refractivity contribution in [1.82, 2.24) is 4.90 Å². The second-order valence-electron chi connectivity index (χ2n) is 6.66. The molecule has 3 unspecified atom stereocenters. The minimum absolute atomic E-state index is 0.0191. The molecule has 1 amide bonds. The van der Waals surface area contributed by atoms with Gasteiger partial charge in [-0.3, -0.25) is 4.79 Å². The highest BCUT2D eigenvalue weighted by Gasteiger charge is 2.36. The second kappa shape index (κ2) is 8.18. The molecule has 1 aliphatic heterocycles. The summed E-state index contributed by atoms with van der Waals surface area (Å²) in [6.45, 7) is 3.22. The Balaban J connectivity index is 1.88. The van der Waals surface area contributed by atoms with Gasteiger partial charge in [0.05, 0.1) is 0 Å². The number of carbonyl (C=O) groups excluding carboxylic acids is 1. The number of nitrogens with zero attached hydrogens (tertiary/aromatic N) is 1. The van der Waals surface area contributed by atoms with E-state index in [4.69, 9.17) is 5.73 Å². The molecule has 3 rings (SSSR count). The van der Waals surface area contributed by atoms with E-state index in [9.17, 15) is 13.6 Å². The van der Waals surface area contributed by atoms with E-state index in [0.29, 0.717) is 23.9 Å². The normalized spacial score (nSPS) is 21.0. The highest BCUT2D eigenvalue weighted by atomic mass is 32.2. The number of hydrogen-bond donors (Lipinski definition) is 1. The van der Waals surface area contributed by atoms with Gasteiger partial charge in [-0.2, -0.15) is 0 Å². The first-order chi connectivity index (χ1) is 12.5. The van der Waals surface area contributed by atoms with Crippen molar-refractivity contribution < 1.29 is 13.6 Å². The lowest BCUT2D eigenvalue weighted by Crippen LogP contribution is -2.37. The van der Waals surface area contributed by atoms with E-state index in [2.05, 4.69) is 0 Å². The third kappa shape index (κ3) is 4.07. The zero-order valence-corrected chi connectivity index (χ0v) is 15.4. The molecule has 0 radical (unpaired) electrons. The average molecular weight is 376 g/mol. The number of rotatable bonds is 5. The van der Waals surface area contributed by atoms with Gasteiger partial charge in [-0.05, 0) is 49.6 Å². The van der Waals surface area contributed by atoms with Crippen LogP contribution < -0.4 is 5.73 Å². The Morgan fingerprint density at radius 1 is 1.23 bits per heavy atom. The maximum Gasteiger partial charge on any atom is 0.240 e. The van der Waals surface area contributed by atoms with E-state index in [0.717, 1.165) is 24.1 Å². The highest BCUT2D eigenvalue weighted by Crippen LogP contribution is 2.39. The molecule has 26 heavy (non-hydrogen) atoms. The SMILES string of the molecule is CC1CC(CN)CN1C(=O)C(Sc1ccc(F)c(F)c1)c1ccccc1. The number of amides is 1. The minimum Gasteiger partial charge on any atom is -0.338 e. The summed E-state index contributed by atoms with van der Waals surface area (Å²) in [4.78, 5) is 15.7. The van der Waals surface area contributed by atoms with Crippen LogP contribution in [0.5, 0.6) is 0 Å². The van der Waals surface area contributed by atoms with Crippen LogP contribution in [0.2, 0.25) is 0 Å². The van der Waals surface area contributed by atoms with E-state index < -0.39 is 16.9 Å². The standard InChI is InChI=1S/C20H22F2N2OS/c1-13-9-14(11-23)12-24(13)20(25)19(15-5-3-2-4-6-15)26-16-7-8-17(21)18(22)10-16/h2-8,10,13-14,19H,9,11-12,23H2,1H3. The van der Waals surface area contributed by atoms with Gasteiger partial charge >= 0.3 is 0 Å². The first-order valence-corrected chi connectivity index (χ1v) is 9.54. The summed E-state index contributed by atoms with van der Waals surface area (Å²) in [5.74, 6) is -1.52. The predicted molar refractivity (Wildman–Crippen MR) is 99.7 cm³/mol. The number of likely N-dealkylation sites (tertiary alicyclic amines) is 1. The van der Waals surface area contributed by atoms with Gasteiger partial charge in [0, 0.05) is 17.5 Å². The Morgan fingerprint density at radius 3 is 2.58 bits per heavy atom. The fraction of sp³-hybridized carbons (Fsp3) is 0.350. The van der Waals surface area contributed by atoms with Gasteiger partial charge in [-0.15, -0.1) is 11.8 Å². The largest absolute Gasteiger partial charge is 0.338 e. The maximum absolute atomic E-state index is 13.6. The minimum atomic E-state index is -0.910. The van der Waals surface area contributed by atoms with Crippen molar-refractivity contribution in [1.29, 1.82) is 0 Å². The van der Waals surface area contributed by atoms with Crippen LogP contribution in [0, 0.1) is 17.6 Å². The van der Waals surface area contributed by atoms with Crippen molar-refractivity contribution in [2.45, 2.75) is 29.5 Å². The van der Waals surface area contributed by atoms with Crippen molar-refractivity contribution >= 4 is 17.7 Å². The molecule has 2 aromatic carbocycles. The van der Waals surface area contributed by atoms with Crippen LogP contribution in [0.15, 0.2) is 53.4 Å². The van der Waals surface area contributed by atoms with Crippen LogP contribution in [0.3, 0.4) is 0 Å². The number of thioether (sulfide) groups is 1. The number of hydrogen-bond acceptors (Lipinski definition) is 3. The molecular formula is C20H22F2N2OS. The third-order valence-corrected chi connectivity index (χ3v) is 5.99. The Hall–Kier alpha value is -1.92. The summed E-state index contributed by atoms with van der Waals surface area (Å²) in [6.07, 6.45) is 0.888. The lowest BCUT2D eigenvalue weighted by atomic mass is 10.1. The van der Waals surface area contributed by atoms with E-state index in [1.807, 2.05) is 42.2 Å². The zero-order chi connectivity index (χ0) is 18.7. The number of benzene rings is 2. The topological polar surface area (TPSA) is 46.3 Å². The molecule has 2 N–H and O–H groups in total. The van der Waals surface area contributed by atoms with Crippen molar-refractivity contribution in [3.05, 3.63) is 65.7 Å². The number of carbonyl (C=O) groups is 1. The third-order valence-electron chi connectivity index (χ3n) is 4.75. The monoisotopic (exact) mass is 376 g/mol. The molecule has 1 fully saturated rings. The second-order valence-corrected chi connectivity index (χ2v) is 7.84. The molecule has 3 atom stereocenters. The van der Waals surface area contributed by atoms with E-state index in [1.54, 1.807) is 0 Å². The van der Waals surface area contributed by atoms with Gasteiger partial charge in [0.15, 0.2) is 11.6 Å². The molecule has 0 spiro atoms. The lowest BCUT2D eigenvalue weighted by molar-refractivity contribution is -0.131. The molecule has 6 heteroatoms. The van der Waals surface area contributed by atoms with E-state index in [1.165, 1.54) is 17.8 Å². The van der Waals surface area contributed by atoms with Gasteiger partial charge in [-0.25, -0.2) is 8.78 Å². The Morgan fingerprint density at radius 2 is 1.96 bits per heavy atom. The molecule has 2 aromatic rings. The molecule has 1 aliphatic rings. The van der Waals surface area contributed by atoms with Crippen LogP contribution in [-0.2, 0) is 4.79 Å². The fourth-order valence-corrected chi connectivity index (χ4v) is 4.47.